The molecule has 0 radical (unpaired) electrons. The quantitative estimate of drug-likeness (QED) is 0.531. The number of nitrogens with zero attached hydrogens (tertiary/aromatic N) is 1. The smallest absolute Gasteiger partial charge is 0.107 e. The van der Waals surface area contributed by atoms with Crippen molar-refractivity contribution in [3.05, 3.63) is 0 Å². The zero-order valence-electron chi connectivity index (χ0n) is 5.15. The maximum Gasteiger partial charge on any atom is 0.107 e. The Hall–Kier alpha value is -0.990. The highest BCUT2D eigenvalue weighted by atomic mass is 15.0. The first-order valence-corrected chi connectivity index (χ1v) is 2.93. The van der Waals surface area contributed by atoms with Crippen LogP contribution in [0, 0.1) is 23.7 Å². The first-order chi connectivity index (χ1) is 4.33. The summed E-state index contributed by atoms with van der Waals surface area (Å²) in [5.41, 5.74) is -0.244. The van der Waals surface area contributed by atoms with Crippen molar-refractivity contribution in [1.29, 1.82) is 5.26 Å². The lowest BCUT2D eigenvalue weighted by atomic mass is 10.3. The summed E-state index contributed by atoms with van der Waals surface area (Å²) < 4.78 is 0. The molecule has 2 heteroatoms. The van der Waals surface area contributed by atoms with E-state index in [1.165, 1.54) is 0 Å². The normalized spacial score (nSPS) is 19.8. The number of terminal acetylenes is 1. The van der Waals surface area contributed by atoms with Gasteiger partial charge in [-0.25, -0.2) is 0 Å². The Labute approximate surface area is 54.9 Å². The number of nitriles is 1. The lowest BCUT2D eigenvalue weighted by Gasteiger charge is -2.02. The molecule has 2 nitrogen and oxygen atoms in total. The number of hydrogen-bond acceptors (Lipinski definition) is 2. The standard InChI is InChI=1S/C7H8N2/c1-2-5-9-7(6-8)3-4-7/h1,9H,3-5H2. The minimum absolute atomic E-state index is 0.244. The van der Waals surface area contributed by atoms with Crippen LogP contribution in [0.3, 0.4) is 0 Å². The molecule has 9 heavy (non-hydrogen) atoms. The molecular formula is C7H8N2. The summed E-state index contributed by atoms with van der Waals surface area (Å²) in [5.74, 6) is 2.44. The SMILES string of the molecule is C#CCNC1(C#N)CC1. The molecule has 0 aromatic carbocycles. The molecule has 1 fully saturated rings. The number of hydrogen-bond donors (Lipinski definition) is 1. The van der Waals surface area contributed by atoms with Crippen LogP contribution in [0.25, 0.3) is 0 Å². The van der Waals surface area contributed by atoms with E-state index in [9.17, 15) is 0 Å². The van der Waals surface area contributed by atoms with Gasteiger partial charge in [0.1, 0.15) is 5.54 Å². The Morgan fingerprint density at radius 1 is 1.67 bits per heavy atom. The van der Waals surface area contributed by atoms with Crippen LogP contribution >= 0.6 is 0 Å². The average molecular weight is 120 g/mol. The zero-order valence-corrected chi connectivity index (χ0v) is 5.15. The van der Waals surface area contributed by atoms with Crippen LogP contribution in [0.15, 0.2) is 0 Å². The Balaban J connectivity index is 2.30. The van der Waals surface area contributed by atoms with E-state index >= 15 is 0 Å². The zero-order chi connectivity index (χ0) is 6.74. The molecule has 1 N–H and O–H groups in total. The molecule has 0 spiro atoms. The minimum atomic E-state index is -0.244. The molecule has 0 saturated heterocycles. The van der Waals surface area contributed by atoms with Gasteiger partial charge in [0.15, 0.2) is 0 Å². The maximum atomic E-state index is 8.50. The topological polar surface area (TPSA) is 35.8 Å². The molecule has 1 aliphatic rings. The van der Waals surface area contributed by atoms with E-state index in [1.807, 2.05) is 0 Å². The van der Waals surface area contributed by atoms with Gasteiger partial charge in [-0.15, -0.1) is 6.42 Å². The van der Waals surface area contributed by atoms with Gasteiger partial charge in [-0.1, -0.05) is 5.92 Å². The van der Waals surface area contributed by atoms with E-state index in [0.717, 1.165) is 12.8 Å². The summed E-state index contributed by atoms with van der Waals surface area (Å²) in [7, 11) is 0. The molecule has 0 aromatic rings. The third-order valence-electron chi connectivity index (χ3n) is 1.49. The van der Waals surface area contributed by atoms with Gasteiger partial charge in [0.2, 0.25) is 0 Å². The summed E-state index contributed by atoms with van der Waals surface area (Å²) >= 11 is 0. The molecule has 0 atom stereocenters. The van der Waals surface area contributed by atoms with Crippen LogP contribution in [-0.4, -0.2) is 12.1 Å². The molecular weight excluding hydrogens is 112 g/mol. The summed E-state index contributed by atoms with van der Waals surface area (Å²) in [6, 6.07) is 2.18. The van der Waals surface area contributed by atoms with Crippen molar-refractivity contribution in [2.75, 3.05) is 6.54 Å². The van der Waals surface area contributed by atoms with Crippen molar-refractivity contribution in [2.45, 2.75) is 18.4 Å². The molecule has 0 bridgehead atoms. The van der Waals surface area contributed by atoms with Crippen LogP contribution in [0.5, 0.6) is 0 Å². The summed E-state index contributed by atoms with van der Waals surface area (Å²) in [6.07, 6.45) is 6.90. The van der Waals surface area contributed by atoms with Crippen molar-refractivity contribution < 1.29 is 0 Å². The summed E-state index contributed by atoms with van der Waals surface area (Å²) in [6.45, 7) is 0.508. The third kappa shape index (κ3) is 1.22. The molecule has 1 saturated carbocycles. The van der Waals surface area contributed by atoms with Crippen LogP contribution in [0.1, 0.15) is 12.8 Å². The first kappa shape index (κ1) is 6.13. The highest BCUT2D eigenvalue weighted by Gasteiger charge is 2.42. The third-order valence-corrected chi connectivity index (χ3v) is 1.49. The lowest BCUT2D eigenvalue weighted by molar-refractivity contribution is 0.651. The van der Waals surface area contributed by atoms with Crippen molar-refractivity contribution in [1.82, 2.24) is 5.32 Å². The van der Waals surface area contributed by atoms with Gasteiger partial charge in [0.05, 0.1) is 12.6 Å². The van der Waals surface area contributed by atoms with Gasteiger partial charge in [-0.3, -0.25) is 5.32 Å². The van der Waals surface area contributed by atoms with Crippen molar-refractivity contribution >= 4 is 0 Å². The molecule has 0 heterocycles. The van der Waals surface area contributed by atoms with Gasteiger partial charge in [-0.05, 0) is 12.8 Å². The fourth-order valence-corrected chi connectivity index (χ4v) is 0.673. The Morgan fingerprint density at radius 2 is 2.33 bits per heavy atom. The van der Waals surface area contributed by atoms with E-state index in [0.29, 0.717) is 6.54 Å². The average Bonchev–Trinajstić information content (AvgIpc) is 2.65. The highest BCUT2D eigenvalue weighted by Crippen LogP contribution is 2.33. The number of nitrogens with one attached hydrogen (secondary N) is 1. The molecule has 0 amide bonds. The summed E-state index contributed by atoms with van der Waals surface area (Å²) in [5, 5.41) is 11.5. The van der Waals surface area contributed by atoms with Crippen molar-refractivity contribution in [3.8, 4) is 18.4 Å². The van der Waals surface area contributed by atoms with Gasteiger partial charge < -0.3 is 0 Å². The number of rotatable bonds is 2. The van der Waals surface area contributed by atoms with E-state index in [-0.39, 0.29) is 5.54 Å². The molecule has 1 aliphatic carbocycles. The van der Waals surface area contributed by atoms with E-state index in [2.05, 4.69) is 17.3 Å². The predicted octanol–water partition coefficient (Wildman–Crippen LogP) is 0.265. The largest absolute Gasteiger partial charge is 0.288 e. The monoisotopic (exact) mass is 120 g/mol. The molecule has 0 aliphatic heterocycles. The fourth-order valence-electron chi connectivity index (χ4n) is 0.673. The van der Waals surface area contributed by atoms with Crippen molar-refractivity contribution in [2.24, 2.45) is 0 Å². The van der Waals surface area contributed by atoms with Gasteiger partial charge in [0, 0.05) is 0 Å². The molecule has 1 rings (SSSR count). The molecule has 46 valence electrons. The van der Waals surface area contributed by atoms with Gasteiger partial charge >= 0.3 is 0 Å². The van der Waals surface area contributed by atoms with E-state index in [4.69, 9.17) is 11.7 Å². The van der Waals surface area contributed by atoms with Crippen LogP contribution in [0.2, 0.25) is 0 Å². The van der Waals surface area contributed by atoms with E-state index in [1.54, 1.807) is 0 Å². The second-order valence-corrected chi connectivity index (χ2v) is 2.25. The minimum Gasteiger partial charge on any atom is -0.288 e. The summed E-state index contributed by atoms with van der Waals surface area (Å²) in [4.78, 5) is 0. The molecule has 0 unspecified atom stereocenters. The Morgan fingerprint density at radius 3 is 2.67 bits per heavy atom. The second-order valence-electron chi connectivity index (χ2n) is 2.25. The Kier molecular flexibility index (Phi) is 1.42. The van der Waals surface area contributed by atoms with Crippen LogP contribution in [-0.2, 0) is 0 Å². The van der Waals surface area contributed by atoms with E-state index < -0.39 is 0 Å². The fraction of sp³-hybridized carbons (Fsp3) is 0.571. The maximum absolute atomic E-state index is 8.50. The van der Waals surface area contributed by atoms with Crippen molar-refractivity contribution in [3.63, 3.8) is 0 Å². The van der Waals surface area contributed by atoms with Crippen LogP contribution < -0.4 is 5.32 Å². The predicted molar refractivity (Wildman–Crippen MR) is 34.4 cm³/mol. The van der Waals surface area contributed by atoms with Gasteiger partial charge in [0.25, 0.3) is 0 Å². The second kappa shape index (κ2) is 2.09. The highest BCUT2D eigenvalue weighted by molar-refractivity contribution is 5.19. The van der Waals surface area contributed by atoms with Crippen LogP contribution in [0.4, 0.5) is 0 Å². The van der Waals surface area contributed by atoms with Gasteiger partial charge in [-0.2, -0.15) is 5.26 Å². The Bertz CT molecular complexity index is 178. The lowest BCUT2D eigenvalue weighted by Crippen LogP contribution is -2.29. The first-order valence-electron chi connectivity index (χ1n) is 2.93. The molecule has 0 aromatic heterocycles.